The van der Waals surface area contributed by atoms with E-state index < -0.39 is 6.04 Å². The molecule has 0 heterocycles. The Hall–Kier alpha value is -2.27. The van der Waals surface area contributed by atoms with Gasteiger partial charge in [0.15, 0.2) is 0 Å². The first-order valence-electron chi connectivity index (χ1n) is 10.3. The maximum absolute atomic E-state index is 13.1. The largest absolute Gasteiger partial charge is 0.355 e. The molecule has 5 heteroatoms. The van der Waals surface area contributed by atoms with Gasteiger partial charge in [0, 0.05) is 18.8 Å². The number of carbonyl (C=O) groups excluding carboxylic acids is 2. The molecule has 2 aromatic rings. The second-order valence-corrected chi connectivity index (χ2v) is 8.05. The van der Waals surface area contributed by atoms with E-state index in [9.17, 15) is 9.59 Å². The number of carbonyl (C=O) groups is 2. The molecule has 0 aromatic heterocycles. The van der Waals surface area contributed by atoms with Crippen molar-refractivity contribution in [1.29, 1.82) is 0 Å². The second-order valence-electron chi connectivity index (χ2n) is 7.06. The summed E-state index contributed by atoms with van der Waals surface area (Å²) in [4.78, 5) is 27.4. The topological polar surface area (TPSA) is 49.4 Å². The quantitative estimate of drug-likeness (QED) is 0.601. The number of nitrogens with one attached hydrogen (secondary N) is 1. The highest BCUT2D eigenvalue weighted by atomic mass is 32.2. The summed E-state index contributed by atoms with van der Waals surface area (Å²) in [5.41, 5.74) is 3.66. The van der Waals surface area contributed by atoms with Crippen molar-refractivity contribution in [2.45, 2.75) is 45.4 Å². The van der Waals surface area contributed by atoms with Crippen molar-refractivity contribution < 1.29 is 9.59 Å². The molecule has 2 amide bonds. The van der Waals surface area contributed by atoms with E-state index in [2.05, 4.69) is 36.5 Å². The fourth-order valence-electron chi connectivity index (χ4n) is 3.29. The first-order chi connectivity index (χ1) is 14.1. The van der Waals surface area contributed by atoms with Crippen LogP contribution >= 0.6 is 11.8 Å². The lowest BCUT2D eigenvalue weighted by Crippen LogP contribution is -2.50. The molecule has 2 rings (SSSR count). The van der Waals surface area contributed by atoms with Crippen molar-refractivity contribution in [1.82, 2.24) is 10.2 Å². The number of nitrogens with zero attached hydrogens (tertiary/aromatic N) is 1. The normalized spacial score (nSPS) is 11.7. The van der Waals surface area contributed by atoms with Crippen LogP contribution in [-0.2, 0) is 21.8 Å². The SMILES string of the molecule is CCNC(=O)[C@H](CC)N(CCc1ccccc1)C(=O)CSCc1ccccc1C. The summed E-state index contributed by atoms with van der Waals surface area (Å²) in [5, 5.41) is 2.88. The highest BCUT2D eigenvalue weighted by molar-refractivity contribution is 7.99. The van der Waals surface area contributed by atoms with Gasteiger partial charge in [-0.3, -0.25) is 9.59 Å². The molecule has 2 aromatic carbocycles. The summed E-state index contributed by atoms with van der Waals surface area (Å²) in [6, 6.07) is 17.9. The van der Waals surface area contributed by atoms with Gasteiger partial charge in [-0.15, -0.1) is 11.8 Å². The number of hydrogen-bond donors (Lipinski definition) is 1. The first kappa shape index (κ1) is 23.0. The van der Waals surface area contributed by atoms with Gasteiger partial charge in [-0.25, -0.2) is 0 Å². The maximum atomic E-state index is 13.1. The summed E-state index contributed by atoms with van der Waals surface area (Å²) >= 11 is 1.61. The van der Waals surface area contributed by atoms with Gasteiger partial charge in [0.05, 0.1) is 5.75 Å². The van der Waals surface area contributed by atoms with E-state index >= 15 is 0 Å². The first-order valence-corrected chi connectivity index (χ1v) is 11.5. The van der Waals surface area contributed by atoms with Crippen molar-refractivity contribution in [2.75, 3.05) is 18.8 Å². The Morgan fingerprint density at radius 3 is 2.38 bits per heavy atom. The second kappa shape index (κ2) is 12.3. The highest BCUT2D eigenvalue weighted by Crippen LogP contribution is 2.18. The minimum absolute atomic E-state index is 0.0256. The van der Waals surface area contributed by atoms with Gasteiger partial charge in [-0.05, 0) is 43.4 Å². The molecule has 0 fully saturated rings. The number of amides is 2. The van der Waals surface area contributed by atoms with E-state index in [1.165, 1.54) is 16.7 Å². The minimum atomic E-state index is -0.426. The lowest BCUT2D eigenvalue weighted by atomic mass is 10.1. The zero-order valence-electron chi connectivity index (χ0n) is 17.7. The van der Waals surface area contributed by atoms with E-state index in [0.29, 0.717) is 25.3 Å². The van der Waals surface area contributed by atoms with E-state index in [1.54, 1.807) is 16.7 Å². The molecule has 1 atom stereocenters. The van der Waals surface area contributed by atoms with Gasteiger partial charge in [-0.2, -0.15) is 0 Å². The molecule has 0 aliphatic heterocycles. The molecule has 0 saturated heterocycles. The Balaban J connectivity index is 2.04. The van der Waals surface area contributed by atoms with Crippen LogP contribution in [0.15, 0.2) is 54.6 Å². The molecule has 4 nitrogen and oxygen atoms in total. The monoisotopic (exact) mass is 412 g/mol. The molecule has 0 bridgehead atoms. The summed E-state index contributed by atoms with van der Waals surface area (Å²) in [6.45, 7) is 7.07. The number of thioether (sulfide) groups is 1. The van der Waals surface area contributed by atoms with Crippen molar-refractivity contribution in [3.05, 3.63) is 71.3 Å². The van der Waals surface area contributed by atoms with Gasteiger partial charge in [0.1, 0.15) is 6.04 Å². The van der Waals surface area contributed by atoms with Crippen molar-refractivity contribution in [3.63, 3.8) is 0 Å². The van der Waals surface area contributed by atoms with Gasteiger partial charge in [-0.1, -0.05) is 61.5 Å². The Morgan fingerprint density at radius 2 is 1.72 bits per heavy atom. The van der Waals surface area contributed by atoms with E-state index in [0.717, 1.165) is 12.2 Å². The molecule has 1 N–H and O–H groups in total. The summed E-state index contributed by atoms with van der Waals surface area (Å²) in [7, 11) is 0. The number of benzene rings is 2. The Bertz CT molecular complexity index is 779. The number of hydrogen-bond acceptors (Lipinski definition) is 3. The fraction of sp³-hybridized carbons (Fsp3) is 0.417. The number of rotatable bonds is 11. The average molecular weight is 413 g/mol. The molecule has 0 spiro atoms. The van der Waals surface area contributed by atoms with E-state index in [-0.39, 0.29) is 11.8 Å². The van der Waals surface area contributed by atoms with Crippen LogP contribution in [0.4, 0.5) is 0 Å². The fourth-order valence-corrected chi connectivity index (χ4v) is 4.28. The summed E-state index contributed by atoms with van der Waals surface area (Å²) in [6.07, 6.45) is 1.35. The Morgan fingerprint density at radius 1 is 1.03 bits per heavy atom. The molecular weight excluding hydrogens is 380 g/mol. The van der Waals surface area contributed by atoms with Crippen LogP contribution in [0.2, 0.25) is 0 Å². The van der Waals surface area contributed by atoms with Crippen LogP contribution in [0.25, 0.3) is 0 Å². The van der Waals surface area contributed by atoms with Gasteiger partial charge in [0.25, 0.3) is 0 Å². The molecule has 29 heavy (non-hydrogen) atoms. The lowest BCUT2D eigenvalue weighted by Gasteiger charge is -2.30. The summed E-state index contributed by atoms with van der Waals surface area (Å²) in [5.74, 6) is 1.12. The highest BCUT2D eigenvalue weighted by Gasteiger charge is 2.27. The maximum Gasteiger partial charge on any atom is 0.242 e. The molecular formula is C24H32N2O2S. The van der Waals surface area contributed by atoms with Gasteiger partial charge < -0.3 is 10.2 Å². The Labute approximate surface area is 179 Å². The smallest absolute Gasteiger partial charge is 0.242 e. The van der Waals surface area contributed by atoms with Crippen LogP contribution in [-0.4, -0.2) is 41.6 Å². The minimum Gasteiger partial charge on any atom is -0.355 e. The van der Waals surface area contributed by atoms with Crippen molar-refractivity contribution in [2.24, 2.45) is 0 Å². The van der Waals surface area contributed by atoms with Crippen LogP contribution in [0.5, 0.6) is 0 Å². The number of likely N-dealkylation sites (N-methyl/N-ethyl adjacent to an activating group) is 1. The Kier molecular flexibility index (Phi) is 9.78. The van der Waals surface area contributed by atoms with Crippen LogP contribution in [0.1, 0.15) is 37.0 Å². The average Bonchev–Trinajstić information content (AvgIpc) is 2.73. The van der Waals surface area contributed by atoms with E-state index in [1.807, 2.05) is 44.2 Å². The van der Waals surface area contributed by atoms with Gasteiger partial charge >= 0.3 is 0 Å². The third-order valence-electron chi connectivity index (χ3n) is 4.97. The summed E-state index contributed by atoms with van der Waals surface area (Å²) < 4.78 is 0. The molecule has 0 aliphatic rings. The zero-order valence-corrected chi connectivity index (χ0v) is 18.5. The molecule has 0 saturated carbocycles. The third kappa shape index (κ3) is 7.24. The zero-order chi connectivity index (χ0) is 21.1. The molecule has 0 radical (unpaired) electrons. The predicted molar refractivity (Wildman–Crippen MR) is 122 cm³/mol. The molecule has 156 valence electrons. The van der Waals surface area contributed by atoms with Crippen LogP contribution in [0, 0.1) is 6.92 Å². The van der Waals surface area contributed by atoms with Crippen LogP contribution in [0.3, 0.4) is 0 Å². The van der Waals surface area contributed by atoms with E-state index in [4.69, 9.17) is 0 Å². The number of aryl methyl sites for hydroxylation is 1. The molecule has 0 aliphatic carbocycles. The van der Waals surface area contributed by atoms with Gasteiger partial charge in [0.2, 0.25) is 11.8 Å². The lowest BCUT2D eigenvalue weighted by molar-refractivity contribution is -0.138. The van der Waals surface area contributed by atoms with Crippen LogP contribution < -0.4 is 5.32 Å². The molecule has 0 unspecified atom stereocenters. The predicted octanol–water partition coefficient (Wildman–Crippen LogP) is 4.21. The third-order valence-corrected chi connectivity index (χ3v) is 5.93. The van der Waals surface area contributed by atoms with Crippen molar-refractivity contribution in [3.8, 4) is 0 Å². The standard InChI is InChI=1S/C24H32N2O2S/c1-4-22(24(28)25-5-2)26(16-15-20-12-7-6-8-13-20)23(27)18-29-17-21-14-10-9-11-19(21)3/h6-14,22H,4-5,15-18H2,1-3H3,(H,25,28)/t22-/m0/s1. The van der Waals surface area contributed by atoms with Crippen molar-refractivity contribution >= 4 is 23.6 Å².